The zero-order valence-electron chi connectivity index (χ0n) is 20.4. The second kappa shape index (κ2) is 11.1. The van der Waals surface area contributed by atoms with E-state index in [1.165, 1.54) is 66.7 Å². The molecule has 1 heterocycles. The van der Waals surface area contributed by atoms with Crippen LogP contribution in [0.2, 0.25) is 10.0 Å². The van der Waals surface area contributed by atoms with Gasteiger partial charge in [0.25, 0.3) is 11.8 Å². The molecule has 0 aromatic heterocycles. The molecule has 2 amide bonds. The first-order valence-corrected chi connectivity index (χ1v) is 12.5. The molecule has 0 bridgehead atoms. The van der Waals surface area contributed by atoms with Crippen LogP contribution >= 0.6 is 23.2 Å². The number of benzene rings is 4. The lowest BCUT2D eigenvalue weighted by atomic mass is 10.1. The number of hydrogen-bond donors (Lipinski definition) is 0. The number of carbonyl (C=O) groups is 5. The number of nitrogens with zero attached hydrogens (tertiary/aromatic N) is 1. The molecular formula is C30H17Cl2NO7. The topological polar surface area (TPSA) is 107 Å². The molecule has 4 aromatic rings. The van der Waals surface area contributed by atoms with E-state index in [2.05, 4.69) is 0 Å². The van der Waals surface area contributed by atoms with Crippen LogP contribution in [0.25, 0.3) is 0 Å². The summed E-state index contributed by atoms with van der Waals surface area (Å²) in [6.07, 6.45) is 0. The highest BCUT2D eigenvalue weighted by Gasteiger charge is 2.38. The van der Waals surface area contributed by atoms with Gasteiger partial charge in [-0.3, -0.25) is 14.4 Å². The summed E-state index contributed by atoms with van der Waals surface area (Å²) < 4.78 is 10.5. The maximum Gasteiger partial charge on any atom is 0.343 e. The number of rotatable bonds is 7. The van der Waals surface area contributed by atoms with Gasteiger partial charge in [-0.05, 0) is 66.7 Å². The molecule has 4 aromatic carbocycles. The average Bonchev–Trinajstić information content (AvgIpc) is 3.22. The fourth-order valence-corrected chi connectivity index (χ4v) is 4.34. The van der Waals surface area contributed by atoms with Gasteiger partial charge in [0.05, 0.1) is 38.0 Å². The highest BCUT2D eigenvalue weighted by molar-refractivity contribution is 6.42. The van der Waals surface area contributed by atoms with Crippen LogP contribution in [0, 0.1) is 0 Å². The maximum atomic E-state index is 12.9. The van der Waals surface area contributed by atoms with Crippen LogP contribution in [0.1, 0.15) is 51.8 Å². The van der Waals surface area contributed by atoms with Gasteiger partial charge < -0.3 is 9.47 Å². The SMILES string of the molecule is O=C(COC(=O)c1ccccc1N1C(=O)c2ccccc2C1=O)c1ccc(OC(=O)c2ccc(Cl)c(Cl)c2)cc1. The van der Waals surface area contributed by atoms with E-state index in [-0.39, 0.29) is 44.3 Å². The third-order valence-electron chi connectivity index (χ3n) is 6.04. The molecule has 0 saturated heterocycles. The van der Waals surface area contributed by atoms with Gasteiger partial charge in [-0.2, -0.15) is 0 Å². The highest BCUT2D eigenvalue weighted by atomic mass is 35.5. The normalized spacial score (nSPS) is 12.2. The molecule has 0 N–H and O–H groups in total. The van der Waals surface area contributed by atoms with Gasteiger partial charge in [0.15, 0.2) is 12.4 Å². The molecule has 198 valence electrons. The van der Waals surface area contributed by atoms with Gasteiger partial charge in [0, 0.05) is 5.56 Å². The molecule has 0 saturated carbocycles. The number of anilines is 1. The summed E-state index contributed by atoms with van der Waals surface area (Å²) in [5, 5.41) is 0.506. The standard InChI is InChI=1S/C30H17Cl2NO7/c31-23-14-11-18(15-24(23)32)29(37)40-19-12-9-17(10-13-19)26(34)16-39-30(38)22-7-3-4-8-25(22)33-27(35)20-5-1-2-6-21(20)28(33)36/h1-15H,16H2. The first kappa shape index (κ1) is 26.8. The number of fused-ring (bicyclic) bond motifs is 1. The number of Topliss-reactive ketones (excluding diaryl/α,β-unsaturated/α-hetero) is 1. The molecule has 40 heavy (non-hydrogen) atoms. The van der Waals surface area contributed by atoms with Gasteiger partial charge in [0.1, 0.15) is 5.75 Å². The molecule has 8 nitrogen and oxygen atoms in total. The minimum atomic E-state index is -0.882. The third kappa shape index (κ3) is 5.22. The van der Waals surface area contributed by atoms with E-state index in [1.54, 1.807) is 24.3 Å². The Morgan fingerprint density at radius 1 is 0.675 bits per heavy atom. The Hall–Kier alpha value is -4.79. The minimum Gasteiger partial charge on any atom is -0.454 e. The maximum absolute atomic E-state index is 12.9. The van der Waals surface area contributed by atoms with Crippen molar-refractivity contribution in [2.24, 2.45) is 0 Å². The van der Waals surface area contributed by atoms with Crippen LogP contribution in [-0.4, -0.2) is 36.1 Å². The predicted molar refractivity (Wildman–Crippen MR) is 146 cm³/mol. The lowest BCUT2D eigenvalue weighted by Crippen LogP contribution is -2.31. The van der Waals surface area contributed by atoms with E-state index < -0.39 is 36.1 Å². The number of hydrogen-bond acceptors (Lipinski definition) is 7. The molecule has 0 unspecified atom stereocenters. The molecule has 0 fully saturated rings. The summed E-state index contributed by atoms with van der Waals surface area (Å²) >= 11 is 11.8. The van der Waals surface area contributed by atoms with Crippen LogP contribution in [0.15, 0.2) is 91.0 Å². The number of carbonyl (C=O) groups excluding carboxylic acids is 5. The molecule has 0 spiro atoms. The van der Waals surface area contributed by atoms with Gasteiger partial charge >= 0.3 is 11.9 Å². The zero-order valence-corrected chi connectivity index (χ0v) is 21.9. The first-order valence-electron chi connectivity index (χ1n) is 11.8. The highest BCUT2D eigenvalue weighted by Crippen LogP contribution is 2.31. The Labute approximate surface area is 237 Å². The molecule has 0 radical (unpaired) electrons. The quantitative estimate of drug-likeness (QED) is 0.114. The average molecular weight is 574 g/mol. The molecule has 1 aliphatic heterocycles. The van der Waals surface area contributed by atoms with Crippen molar-refractivity contribution in [2.45, 2.75) is 0 Å². The number of esters is 2. The van der Waals surface area contributed by atoms with Crippen molar-refractivity contribution in [3.8, 4) is 5.75 Å². The third-order valence-corrected chi connectivity index (χ3v) is 6.77. The molecule has 0 aliphatic carbocycles. The van der Waals surface area contributed by atoms with Crippen molar-refractivity contribution in [2.75, 3.05) is 11.5 Å². The van der Waals surface area contributed by atoms with Crippen molar-refractivity contribution in [1.82, 2.24) is 0 Å². The largest absolute Gasteiger partial charge is 0.454 e. The molecule has 1 aliphatic rings. The lowest BCUT2D eigenvalue weighted by Gasteiger charge is -2.17. The Kier molecular flexibility index (Phi) is 7.46. The second-order valence-electron chi connectivity index (χ2n) is 8.55. The van der Waals surface area contributed by atoms with E-state index in [0.717, 1.165) is 4.90 Å². The van der Waals surface area contributed by atoms with Crippen molar-refractivity contribution in [3.05, 3.63) is 129 Å². The number of amides is 2. The van der Waals surface area contributed by atoms with Crippen LogP contribution in [0.3, 0.4) is 0 Å². The van der Waals surface area contributed by atoms with Crippen LogP contribution < -0.4 is 9.64 Å². The molecule has 5 rings (SSSR count). The van der Waals surface area contributed by atoms with Gasteiger partial charge in [0.2, 0.25) is 0 Å². The van der Waals surface area contributed by atoms with Crippen molar-refractivity contribution in [3.63, 3.8) is 0 Å². The number of imide groups is 1. The summed E-state index contributed by atoms with van der Waals surface area (Å²) in [5.74, 6) is -3.00. The van der Waals surface area contributed by atoms with Gasteiger partial charge in [-0.1, -0.05) is 47.5 Å². The lowest BCUT2D eigenvalue weighted by molar-refractivity contribution is 0.0475. The Morgan fingerprint density at radius 3 is 1.93 bits per heavy atom. The number of halogens is 2. The summed E-state index contributed by atoms with van der Waals surface area (Å²) in [6, 6.07) is 22.4. The fraction of sp³-hybridized carbons (Fsp3) is 0.0333. The van der Waals surface area contributed by atoms with E-state index in [0.29, 0.717) is 5.02 Å². The molecule has 10 heteroatoms. The first-order chi connectivity index (χ1) is 19.2. The van der Waals surface area contributed by atoms with E-state index in [4.69, 9.17) is 32.7 Å². The van der Waals surface area contributed by atoms with Crippen molar-refractivity contribution >= 4 is 58.4 Å². The number of ether oxygens (including phenoxy) is 2. The van der Waals surface area contributed by atoms with Crippen molar-refractivity contribution in [1.29, 1.82) is 0 Å². The summed E-state index contributed by atoms with van der Waals surface area (Å²) in [4.78, 5) is 64.6. The van der Waals surface area contributed by atoms with Crippen LogP contribution in [0.5, 0.6) is 5.75 Å². The zero-order chi connectivity index (χ0) is 28.4. The van der Waals surface area contributed by atoms with Gasteiger partial charge in [-0.15, -0.1) is 0 Å². The predicted octanol–water partition coefficient (Wildman–Crippen LogP) is 6.05. The van der Waals surface area contributed by atoms with E-state index in [1.807, 2.05) is 0 Å². The Balaban J connectivity index is 1.23. The molecular weight excluding hydrogens is 557 g/mol. The van der Waals surface area contributed by atoms with E-state index in [9.17, 15) is 24.0 Å². The number of para-hydroxylation sites is 1. The monoisotopic (exact) mass is 573 g/mol. The van der Waals surface area contributed by atoms with Gasteiger partial charge in [-0.25, -0.2) is 14.5 Å². The minimum absolute atomic E-state index is 0.0469. The fourth-order valence-electron chi connectivity index (χ4n) is 4.04. The summed E-state index contributed by atoms with van der Waals surface area (Å²) in [5.41, 5.74) is 0.876. The van der Waals surface area contributed by atoms with Crippen LogP contribution in [-0.2, 0) is 4.74 Å². The smallest absolute Gasteiger partial charge is 0.343 e. The summed E-state index contributed by atoms with van der Waals surface area (Å²) in [7, 11) is 0. The number of ketones is 1. The van der Waals surface area contributed by atoms with Crippen molar-refractivity contribution < 1.29 is 33.4 Å². The van der Waals surface area contributed by atoms with E-state index >= 15 is 0 Å². The second-order valence-corrected chi connectivity index (χ2v) is 9.36. The summed E-state index contributed by atoms with van der Waals surface area (Å²) in [6.45, 7) is -0.600. The Morgan fingerprint density at radius 2 is 1.27 bits per heavy atom. The molecule has 0 atom stereocenters. The Bertz CT molecular complexity index is 1660. The van der Waals surface area contributed by atoms with Crippen LogP contribution in [0.4, 0.5) is 5.69 Å².